The molecule has 0 amide bonds. The summed E-state index contributed by atoms with van der Waals surface area (Å²) >= 11 is 0. The van der Waals surface area contributed by atoms with Crippen LogP contribution in [0.4, 0.5) is 4.39 Å². The fourth-order valence-electron chi connectivity index (χ4n) is 1.01. The van der Waals surface area contributed by atoms with Crippen molar-refractivity contribution in [1.82, 2.24) is 4.98 Å². The third kappa shape index (κ3) is 0.963. The Bertz CT molecular complexity index is 379. The molecule has 0 aliphatic rings. The second kappa shape index (κ2) is 2.31. The summed E-state index contributed by atoms with van der Waals surface area (Å²) in [5.41, 5.74) is 0.384. The summed E-state index contributed by atoms with van der Waals surface area (Å²) < 4.78 is 12.9. The van der Waals surface area contributed by atoms with Crippen molar-refractivity contribution in [2.45, 2.75) is 0 Å². The van der Waals surface area contributed by atoms with Crippen LogP contribution in [0.3, 0.4) is 0 Å². The Labute approximate surface area is 63.5 Å². The fraction of sp³-hybridized carbons (Fsp3) is 0. The first-order chi connectivity index (χ1) is 5.38. The first-order valence-electron chi connectivity index (χ1n) is 3.29. The van der Waals surface area contributed by atoms with Crippen molar-refractivity contribution in [3.05, 3.63) is 42.3 Å². The first-order valence-corrected chi connectivity index (χ1v) is 3.29. The van der Waals surface area contributed by atoms with Crippen molar-refractivity contribution >= 4 is 10.9 Å². The molecule has 0 aliphatic carbocycles. The van der Waals surface area contributed by atoms with Gasteiger partial charge in [0.15, 0.2) is 5.82 Å². The fourth-order valence-corrected chi connectivity index (χ4v) is 1.01. The van der Waals surface area contributed by atoms with E-state index in [1.807, 2.05) is 6.07 Å². The van der Waals surface area contributed by atoms with Gasteiger partial charge in [-0.3, -0.25) is 4.98 Å². The maximum atomic E-state index is 12.9. The van der Waals surface area contributed by atoms with E-state index in [0.29, 0.717) is 5.52 Å². The van der Waals surface area contributed by atoms with Gasteiger partial charge in [0.25, 0.3) is 0 Å². The molecule has 2 rings (SSSR count). The van der Waals surface area contributed by atoms with Gasteiger partial charge in [-0.25, -0.2) is 4.39 Å². The Morgan fingerprint density at radius 3 is 3.09 bits per heavy atom. The first kappa shape index (κ1) is 6.28. The third-order valence-electron chi connectivity index (χ3n) is 1.52. The molecule has 11 heavy (non-hydrogen) atoms. The second-order valence-corrected chi connectivity index (χ2v) is 2.23. The highest BCUT2D eigenvalue weighted by molar-refractivity contribution is 5.78. The molecule has 1 aromatic heterocycles. The average molecular weight is 146 g/mol. The summed E-state index contributed by atoms with van der Waals surface area (Å²) in [6.45, 7) is 0. The number of halogens is 1. The zero-order chi connectivity index (χ0) is 7.68. The van der Waals surface area contributed by atoms with Gasteiger partial charge in [-0.15, -0.1) is 0 Å². The van der Waals surface area contributed by atoms with E-state index < -0.39 is 0 Å². The molecule has 0 aliphatic heterocycles. The lowest BCUT2D eigenvalue weighted by molar-refractivity contribution is 0.634. The van der Waals surface area contributed by atoms with Gasteiger partial charge >= 0.3 is 0 Å². The van der Waals surface area contributed by atoms with Gasteiger partial charge in [-0.1, -0.05) is 18.2 Å². The average Bonchev–Trinajstić information content (AvgIpc) is 2.06. The molecule has 0 N–H and O–H groups in total. The number of hydrogen-bond donors (Lipinski definition) is 0. The number of benzene rings is 1. The van der Waals surface area contributed by atoms with Crippen LogP contribution in [0.1, 0.15) is 0 Å². The van der Waals surface area contributed by atoms with E-state index in [4.69, 9.17) is 0 Å². The van der Waals surface area contributed by atoms with Crippen molar-refractivity contribution in [3.63, 3.8) is 0 Å². The van der Waals surface area contributed by atoms with E-state index in [-0.39, 0.29) is 5.82 Å². The zero-order valence-corrected chi connectivity index (χ0v) is 5.71. The van der Waals surface area contributed by atoms with Gasteiger partial charge in [-0.05, 0) is 6.07 Å². The molecule has 0 unspecified atom stereocenters. The van der Waals surface area contributed by atoms with Crippen molar-refractivity contribution in [3.8, 4) is 0 Å². The molecule has 0 saturated heterocycles. The predicted octanol–water partition coefficient (Wildman–Crippen LogP) is 2.17. The Balaban J connectivity index is 2.91. The monoisotopic (exact) mass is 146 g/mol. The summed E-state index contributed by atoms with van der Waals surface area (Å²) in [5.74, 6) is -0.386. The minimum absolute atomic E-state index is 0.384. The van der Waals surface area contributed by atoms with E-state index in [1.54, 1.807) is 24.4 Å². The minimum atomic E-state index is -0.386. The van der Waals surface area contributed by atoms with Crippen LogP contribution in [0, 0.1) is 11.9 Å². The predicted molar refractivity (Wildman–Crippen MR) is 40.5 cm³/mol. The molecular weight excluding hydrogens is 141 g/mol. The normalized spacial score (nSPS) is 10.3. The lowest BCUT2D eigenvalue weighted by Gasteiger charge is -1.94. The number of hydrogen-bond acceptors (Lipinski definition) is 1. The quantitative estimate of drug-likeness (QED) is 0.555. The highest BCUT2D eigenvalue weighted by Gasteiger charge is 1.97. The summed E-state index contributed by atoms with van der Waals surface area (Å²) in [4.78, 5) is 3.87. The summed E-state index contributed by atoms with van der Waals surface area (Å²) in [6, 6.07) is 9.38. The molecule has 1 radical (unpaired) electrons. The number of pyridine rings is 1. The summed E-state index contributed by atoms with van der Waals surface area (Å²) in [5, 5.41) is 0.809. The van der Waals surface area contributed by atoms with E-state index in [1.165, 1.54) is 0 Å². The van der Waals surface area contributed by atoms with Crippen LogP contribution in [0.15, 0.2) is 30.5 Å². The van der Waals surface area contributed by atoms with Crippen molar-refractivity contribution in [2.24, 2.45) is 0 Å². The molecule has 2 heteroatoms. The van der Waals surface area contributed by atoms with E-state index in [9.17, 15) is 4.39 Å². The van der Waals surface area contributed by atoms with Gasteiger partial charge in [0.05, 0.1) is 0 Å². The Hall–Kier alpha value is -1.44. The minimum Gasteiger partial charge on any atom is -0.253 e. The smallest absolute Gasteiger partial charge is 0.157 e. The van der Waals surface area contributed by atoms with Crippen molar-refractivity contribution in [2.75, 3.05) is 0 Å². The van der Waals surface area contributed by atoms with E-state index >= 15 is 0 Å². The number of fused-ring (bicyclic) bond motifs is 1. The number of nitrogens with zero attached hydrogens (tertiary/aromatic N) is 1. The molecule has 2 aromatic rings. The Morgan fingerprint density at radius 2 is 2.27 bits per heavy atom. The standard InChI is InChI=1S/C9H5FN/c10-8-5-1-3-7-4-2-6-11-9(7)8/h1-4,6H. The van der Waals surface area contributed by atoms with Gasteiger partial charge < -0.3 is 0 Å². The van der Waals surface area contributed by atoms with Crippen LogP contribution in [0.5, 0.6) is 0 Å². The lowest BCUT2D eigenvalue weighted by atomic mass is 10.2. The number of rotatable bonds is 0. The highest BCUT2D eigenvalue weighted by atomic mass is 19.1. The lowest BCUT2D eigenvalue weighted by Crippen LogP contribution is -1.81. The molecule has 0 atom stereocenters. The molecule has 0 saturated carbocycles. The highest BCUT2D eigenvalue weighted by Crippen LogP contribution is 2.12. The van der Waals surface area contributed by atoms with Gasteiger partial charge in [0.1, 0.15) is 5.52 Å². The van der Waals surface area contributed by atoms with E-state index in [2.05, 4.69) is 11.1 Å². The topological polar surface area (TPSA) is 12.9 Å². The molecule has 1 nitrogen and oxygen atoms in total. The second-order valence-electron chi connectivity index (χ2n) is 2.23. The Morgan fingerprint density at radius 1 is 1.36 bits per heavy atom. The molecule has 1 heterocycles. The summed E-state index contributed by atoms with van der Waals surface area (Å²) in [7, 11) is 0. The van der Waals surface area contributed by atoms with Crippen LogP contribution >= 0.6 is 0 Å². The molecule has 53 valence electrons. The molecule has 0 spiro atoms. The third-order valence-corrected chi connectivity index (χ3v) is 1.52. The van der Waals surface area contributed by atoms with Crippen LogP contribution in [-0.4, -0.2) is 4.98 Å². The molecular formula is C9H5FN. The van der Waals surface area contributed by atoms with Crippen LogP contribution in [0.2, 0.25) is 0 Å². The van der Waals surface area contributed by atoms with Gasteiger partial charge in [0, 0.05) is 17.6 Å². The molecule has 0 fully saturated rings. The van der Waals surface area contributed by atoms with Crippen molar-refractivity contribution < 1.29 is 4.39 Å². The SMILES string of the molecule is Fc1[c]ccc2cccnc12. The van der Waals surface area contributed by atoms with Gasteiger partial charge in [-0.2, -0.15) is 0 Å². The van der Waals surface area contributed by atoms with Crippen molar-refractivity contribution in [1.29, 1.82) is 0 Å². The molecule has 0 bridgehead atoms. The van der Waals surface area contributed by atoms with Gasteiger partial charge in [0.2, 0.25) is 0 Å². The maximum absolute atomic E-state index is 12.9. The molecule has 1 aromatic carbocycles. The maximum Gasteiger partial charge on any atom is 0.157 e. The van der Waals surface area contributed by atoms with E-state index in [0.717, 1.165) is 5.39 Å². The van der Waals surface area contributed by atoms with Crippen LogP contribution in [-0.2, 0) is 0 Å². The zero-order valence-electron chi connectivity index (χ0n) is 5.71. The Kier molecular flexibility index (Phi) is 1.32. The van der Waals surface area contributed by atoms with Crippen LogP contribution < -0.4 is 0 Å². The largest absolute Gasteiger partial charge is 0.253 e. The van der Waals surface area contributed by atoms with Crippen LogP contribution in [0.25, 0.3) is 10.9 Å². The summed E-state index contributed by atoms with van der Waals surface area (Å²) in [6.07, 6.45) is 1.57. The number of aromatic nitrogens is 1.